The first kappa shape index (κ1) is 14.5. The van der Waals surface area contributed by atoms with Crippen molar-refractivity contribution in [3.63, 3.8) is 0 Å². The van der Waals surface area contributed by atoms with Crippen molar-refractivity contribution in [2.24, 2.45) is 5.92 Å². The average Bonchev–Trinajstić information content (AvgIpc) is 3.19. The molecule has 0 aromatic carbocycles. The molecule has 0 unspecified atom stereocenters. The summed E-state index contributed by atoms with van der Waals surface area (Å²) in [5.74, 6) is -0.331. The molecule has 1 fully saturated rings. The molecule has 0 radical (unpaired) electrons. The second-order valence-electron chi connectivity index (χ2n) is 5.09. The molecule has 0 atom stereocenters. The number of aromatic amines is 1. The average molecular weight is 321 g/mol. The number of likely N-dealkylation sites (tertiary alicyclic amines) is 1. The summed E-state index contributed by atoms with van der Waals surface area (Å²) in [6.45, 7) is 1.08. The number of nitrogens with zero attached hydrogens (tertiary/aromatic N) is 3. The molecule has 0 aliphatic carbocycles. The third kappa shape index (κ3) is 2.93. The van der Waals surface area contributed by atoms with Crippen LogP contribution in [0, 0.1) is 10.7 Å². The van der Waals surface area contributed by atoms with Crippen LogP contribution in [0.25, 0.3) is 0 Å². The van der Waals surface area contributed by atoms with E-state index in [1.54, 1.807) is 11.0 Å². The zero-order chi connectivity index (χ0) is 15.5. The van der Waals surface area contributed by atoms with E-state index in [0.717, 1.165) is 0 Å². The number of nitrogens with one attached hydrogen (secondary N) is 2. The lowest BCUT2D eigenvalue weighted by molar-refractivity contribution is -0.122. The van der Waals surface area contributed by atoms with Crippen molar-refractivity contribution in [2.75, 3.05) is 18.5 Å². The summed E-state index contributed by atoms with van der Waals surface area (Å²) in [4.78, 5) is 26.1. The number of carbonyl (C=O) groups is 2. The van der Waals surface area contributed by atoms with Crippen molar-refractivity contribution in [3.05, 3.63) is 35.3 Å². The number of hydrogen-bond acceptors (Lipinski definition) is 5. The SMILES string of the molecule is O=C(Nn1cn[nH]c1=S)C1CCN(C(=O)c2ccoc2)CC1. The lowest BCUT2D eigenvalue weighted by atomic mass is 9.96. The van der Waals surface area contributed by atoms with E-state index >= 15 is 0 Å². The topological polar surface area (TPSA) is 96.2 Å². The van der Waals surface area contributed by atoms with E-state index in [4.69, 9.17) is 16.6 Å². The van der Waals surface area contributed by atoms with E-state index < -0.39 is 0 Å². The largest absolute Gasteiger partial charge is 0.472 e. The van der Waals surface area contributed by atoms with Crippen LogP contribution < -0.4 is 5.43 Å². The zero-order valence-corrected chi connectivity index (χ0v) is 12.5. The predicted molar refractivity (Wildman–Crippen MR) is 79.1 cm³/mol. The van der Waals surface area contributed by atoms with Crippen LogP contribution in [0.3, 0.4) is 0 Å². The van der Waals surface area contributed by atoms with Gasteiger partial charge >= 0.3 is 0 Å². The minimum absolute atomic E-state index is 0.0651. The number of hydrogen-bond donors (Lipinski definition) is 2. The second kappa shape index (κ2) is 6.14. The first-order valence-corrected chi connectivity index (χ1v) is 7.30. The Kier molecular flexibility index (Phi) is 4.05. The molecule has 9 heteroatoms. The van der Waals surface area contributed by atoms with Crippen molar-refractivity contribution < 1.29 is 14.0 Å². The molecule has 8 nitrogen and oxygen atoms in total. The van der Waals surface area contributed by atoms with Gasteiger partial charge in [-0.3, -0.25) is 20.1 Å². The highest BCUT2D eigenvalue weighted by Gasteiger charge is 2.28. The number of aromatic nitrogens is 3. The monoisotopic (exact) mass is 321 g/mol. The van der Waals surface area contributed by atoms with Gasteiger partial charge in [-0.15, -0.1) is 0 Å². The van der Waals surface area contributed by atoms with E-state index in [-0.39, 0.29) is 17.7 Å². The third-order valence-corrected chi connectivity index (χ3v) is 3.99. The van der Waals surface area contributed by atoms with Crippen LogP contribution in [-0.4, -0.2) is 44.7 Å². The normalized spacial score (nSPS) is 15.7. The molecule has 3 rings (SSSR count). The van der Waals surface area contributed by atoms with E-state index in [9.17, 15) is 9.59 Å². The van der Waals surface area contributed by atoms with Gasteiger partial charge in [0, 0.05) is 19.0 Å². The molecule has 0 spiro atoms. The zero-order valence-electron chi connectivity index (χ0n) is 11.7. The highest BCUT2D eigenvalue weighted by Crippen LogP contribution is 2.19. The Hall–Kier alpha value is -2.42. The van der Waals surface area contributed by atoms with Gasteiger partial charge in [0.25, 0.3) is 5.91 Å². The van der Waals surface area contributed by atoms with Crippen molar-refractivity contribution >= 4 is 24.0 Å². The Bertz CT molecular complexity index is 712. The standard InChI is InChI=1S/C13H15N5O3S/c19-11(16-18-8-14-15-13(18)22)9-1-4-17(5-2-9)12(20)10-3-6-21-7-10/h3,6-9H,1-2,4-5H2,(H,15,22)(H,16,19). The Morgan fingerprint density at radius 2 is 2.18 bits per heavy atom. The van der Waals surface area contributed by atoms with Gasteiger partial charge in [-0.2, -0.15) is 5.10 Å². The van der Waals surface area contributed by atoms with Crippen molar-refractivity contribution in [2.45, 2.75) is 12.8 Å². The minimum atomic E-state index is -0.148. The van der Waals surface area contributed by atoms with Crippen LogP contribution in [0.5, 0.6) is 0 Å². The molecule has 1 aliphatic heterocycles. The number of carbonyl (C=O) groups excluding carboxylic acids is 2. The first-order chi connectivity index (χ1) is 10.6. The van der Waals surface area contributed by atoms with Gasteiger partial charge < -0.3 is 9.32 Å². The van der Waals surface area contributed by atoms with Crippen LogP contribution >= 0.6 is 12.2 Å². The Morgan fingerprint density at radius 1 is 1.41 bits per heavy atom. The quantitative estimate of drug-likeness (QED) is 0.827. The fourth-order valence-corrected chi connectivity index (χ4v) is 2.60. The summed E-state index contributed by atoms with van der Waals surface area (Å²) < 4.78 is 6.63. The summed E-state index contributed by atoms with van der Waals surface area (Å²) in [6, 6.07) is 1.64. The predicted octanol–water partition coefficient (Wildman–Crippen LogP) is 1.16. The van der Waals surface area contributed by atoms with Crippen LogP contribution in [0.15, 0.2) is 29.3 Å². The molecule has 22 heavy (non-hydrogen) atoms. The van der Waals surface area contributed by atoms with Crippen LogP contribution in [0.2, 0.25) is 0 Å². The lowest BCUT2D eigenvalue weighted by Gasteiger charge is -2.31. The molecule has 3 heterocycles. The van der Waals surface area contributed by atoms with Crippen molar-refractivity contribution in [3.8, 4) is 0 Å². The molecule has 1 aliphatic rings. The molecule has 0 bridgehead atoms. The summed E-state index contributed by atoms with van der Waals surface area (Å²) in [7, 11) is 0. The summed E-state index contributed by atoms with van der Waals surface area (Å²) in [5, 5.41) is 6.31. The number of piperidine rings is 1. The van der Waals surface area contributed by atoms with E-state index in [1.165, 1.54) is 23.5 Å². The van der Waals surface area contributed by atoms with Gasteiger partial charge in [0.15, 0.2) is 0 Å². The number of H-pyrrole nitrogens is 1. The first-order valence-electron chi connectivity index (χ1n) is 6.89. The Balaban J connectivity index is 1.55. The van der Waals surface area contributed by atoms with Gasteiger partial charge in [0.05, 0.1) is 11.8 Å². The number of furan rings is 1. The van der Waals surface area contributed by atoms with Crippen LogP contribution in [0.4, 0.5) is 0 Å². The fraction of sp³-hybridized carbons (Fsp3) is 0.385. The molecule has 1 saturated heterocycles. The summed E-state index contributed by atoms with van der Waals surface area (Å²) in [5.41, 5.74) is 3.23. The Labute approximate surface area is 131 Å². The third-order valence-electron chi connectivity index (χ3n) is 3.70. The van der Waals surface area contributed by atoms with Gasteiger partial charge in [-0.25, -0.2) is 4.68 Å². The summed E-state index contributed by atoms with van der Waals surface area (Å²) in [6.07, 6.45) is 5.54. The van der Waals surface area contributed by atoms with Crippen molar-refractivity contribution in [1.82, 2.24) is 19.8 Å². The van der Waals surface area contributed by atoms with Gasteiger partial charge in [0.1, 0.15) is 12.6 Å². The molecular weight excluding hydrogens is 306 g/mol. The van der Waals surface area contributed by atoms with Gasteiger partial charge in [-0.05, 0) is 31.1 Å². The highest BCUT2D eigenvalue weighted by molar-refractivity contribution is 7.71. The molecular formula is C13H15N5O3S. The molecule has 2 N–H and O–H groups in total. The molecule has 0 saturated carbocycles. The maximum absolute atomic E-state index is 12.2. The lowest BCUT2D eigenvalue weighted by Crippen LogP contribution is -2.42. The van der Waals surface area contributed by atoms with Crippen LogP contribution in [0.1, 0.15) is 23.2 Å². The number of rotatable bonds is 3. The van der Waals surface area contributed by atoms with E-state index in [1.807, 2.05) is 0 Å². The minimum Gasteiger partial charge on any atom is -0.472 e. The molecule has 2 aromatic rings. The Morgan fingerprint density at radius 3 is 2.77 bits per heavy atom. The molecule has 2 aromatic heterocycles. The van der Waals surface area contributed by atoms with E-state index in [2.05, 4.69) is 15.6 Å². The van der Waals surface area contributed by atoms with Gasteiger partial charge in [0.2, 0.25) is 10.7 Å². The number of amides is 2. The maximum atomic E-state index is 12.2. The molecule has 116 valence electrons. The van der Waals surface area contributed by atoms with Gasteiger partial charge in [-0.1, -0.05) is 0 Å². The highest BCUT2D eigenvalue weighted by atomic mass is 32.1. The molecule has 2 amide bonds. The van der Waals surface area contributed by atoms with E-state index in [0.29, 0.717) is 36.3 Å². The maximum Gasteiger partial charge on any atom is 0.257 e. The fourth-order valence-electron chi connectivity index (χ4n) is 2.45. The van der Waals surface area contributed by atoms with Crippen LogP contribution in [-0.2, 0) is 4.79 Å². The van der Waals surface area contributed by atoms with Crippen molar-refractivity contribution in [1.29, 1.82) is 0 Å². The smallest absolute Gasteiger partial charge is 0.257 e. The second-order valence-corrected chi connectivity index (χ2v) is 5.47. The summed E-state index contributed by atoms with van der Waals surface area (Å²) >= 11 is 4.97.